The van der Waals surface area contributed by atoms with Crippen LogP contribution >= 0.6 is 0 Å². The summed E-state index contributed by atoms with van der Waals surface area (Å²) >= 11 is 0. The van der Waals surface area contributed by atoms with Crippen LogP contribution in [0.4, 0.5) is 45.5 Å². The fraction of sp³-hybridized carbons (Fsp3) is 0.727. The summed E-state index contributed by atoms with van der Waals surface area (Å²) < 4.78 is 299. The van der Waals surface area contributed by atoms with Crippen molar-refractivity contribution in [3.63, 3.8) is 0 Å². The van der Waals surface area contributed by atoms with E-state index in [1.807, 2.05) is 0 Å². The SMILES string of the molecule is C1CCC2C3NC(NC4NC(NC5NC(NC6NC(N3)C3CCCCC63)C3CCCCC53)C3CCCCC43)C2C1.C1CCC2C3NC(NC4NC(NC5NC(NC6NC(N3)C3CCCCC63)C3CCCCC53)C3CCCCC43)C2C1.Nc1ccc(N(c2ccc(N)c(S(=O)(=O)O)c2)S(=O)(=O)S(=O)(=O)OS(=O)(=O)[O-])cc1S(=O)(=O)O.Nc1ccc(N(c2ccc(N)c(S(=O)(=O)O)c2)S(=O)(=O)S(=O)(=O)OS(=O)(=O)[O-])cc1S(=O)(=O)O.[Cu+2]. The molecule has 8 saturated carbocycles. The molecular formula is C88H136CuN22O28S10. The van der Waals surface area contributed by atoms with Gasteiger partial charge in [-0.25, -0.2) is 25.4 Å². The van der Waals surface area contributed by atoms with E-state index in [-0.39, 0.29) is 25.7 Å². The molecule has 1 radical (unpaired) electrons. The fourth-order valence-electron chi connectivity index (χ4n) is 28.7. The van der Waals surface area contributed by atoms with Gasteiger partial charge in [0.25, 0.3) is 40.5 Å². The van der Waals surface area contributed by atoms with E-state index in [1.165, 1.54) is 205 Å². The van der Waals surface area contributed by atoms with Gasteiger partial charge in [-0.2, -0.15) is 67.3 Å². The van der Waals surface area contributed by atoms with Crippen molar-refractivity contribution in [1.82, 2.24) is 85.1 Å². The van der Waals surface area contributed by atoms with Crippen LogP contribution in [0.1, 0.15) is 205 Å². The van der Waals surface area contributed by atoms with Crippen LogP contribution in [-0.4, -0.2) is 210 Å². The van der Waals surface area contributed by atoms with Gasteiger partial charge in [-0.3, -0.25) is 103 Å². The Bertz CT molecular complexity index is 5870. The molecule has 10 heterocycles. The van der Waals surface area contributed by atoms with Gasteiger partial charge in [-0.15, -0.1) is 7.26 Å². The molecule has 16 atom stereocenters. The standard InChI is InChI=1S/2C32H56N8.2C12H13N3O14S5.Cu/c2*1-2-10-18-17(9-1)25-33-26(18)38-28-21-13-5-6-14-22(21)30(35-28)40-32-24-16-8-7-15-23(24)31(36-32)39-29-20-12-4-3-11-19(20)27(34-29)37-25;2*13-9-3-1-7(5-11(9)30(16,17)18)15(32(22,23)34(27,28)29-33(24,25)26)8-2-4-10(14)12(6-8)31(19,20)21;/h2*17-40H,1-16H2;2*1-6H,13-14H2,(H,16,17,18)(H,19,20,21)(H,24,25,26);/q;;;;+2/p-2. The smallest absolute Gasteiger partial charge is 0.725 e. The van der Waals surface area contributed by atoms with Gasteiger partial charge in [0.05, 0.1) is 144 Å². The summed E-state index contributed by atoms with van der Waals surface area (Å²) in [6.45, 7) is 0. The number of hydrogen-bond donors (Lipinski definition) is 24. The zero-order valence-electron chi connectivity index (χ0n) is 81.2. The second kappa shape index (κ2) is 44.2. The summed E-state index contributed by atoms with van der Waals surface area (Å²) in [6, 6.07) is 6.61. The van der Waals surface area contributed by atoms with Crippen LogP contribution in [-0.2, 0) is 122 Å². The van der Waals surface area contributed by atoms with Crippen molar-refractivity contribution in [2.75, 3.05) is 31.5 Å². The molecule has 10 aliphatic heterocycles. The molecular weight excluding hydrogens is 2200 g/mol. The van der Waals surface area contributed by atoms with Crippen LogP contribution in [0.3, 0.4) is 0 Å². The van der Waals surface area contributed by atoms with Gasteiger partial charge in [0.1, 0.15) is 19.6 Å². The van der Waals surface area contributed by atoms with Crippen molar-refractivity contribution in [3.05, 3.63) is 72.8 Å². The molecule has 4 aromatic carbocycles. The maximum Gasteiger partial charge on any atom is 2.00 e. The van der Waals surface area contributed by atoms with E-state index >= 15 is 0 Å². The van der Waals surface area contributed by atoms with Crippen molar-refractivity contribution in [2.24, 2.45) is 94.7 Å². The van der Waals surface area contributed by atoms with Crippen LogP contribution in [0.15, 0.2) is 92.4 Å². The number of nitrogens with two attached hydrogens (primary N) is 4. The molecule has 8 aliphatic carbocycles. The Kier molecular flexibility index (Phi) is 33.6. The van der Waals surface area contributed by atoms with Gasteiger partial charge in [0, 0.05) is 0 Å². The fourth-order valence-corrected chi connectivity index (χ4v) is 39.9. The average molecular weight is 2330 g/mol. The van der Waals surface area contributed by atoms with Crippen molar-refractivity contribution in [1.29, 1.82) is 0 Å². The number of rotatable bonds is 16. The largest absolute Gasteiger partial charge is 2.00 e. The number of hydrogen-bond acceptors (Lipinski definition) is 44. The number of benzene rings is 4. The van der Waals surface area contributed by atoms with E-state index in [1.54, 1.807) is 0 Å². The van der Waals surface area contributed by atoms with E-state index in [4.69, 9.17) is 22.9 Å². The molecule has 28 N–H and O–H groups in total. The predicted octanol–water partition coefficient (Wildman–Crippen LogP) is 2.28. The third kappa shape index (κ3) is 23.8. The van der Waals surface area contributed by atoms with Gasteiger partial charge in [0.15, 0.2) is 0 Å². The number of fused-ring (bicyclic) bond motifs is 40. The Morgan fingerprint density at radius 2 is 0.336 bits per heavy atom. The minimum absolute atomic E-state index is 0. The van der Waals surface area contributed by atoms with Gasteiger partial charge in [-0.05, 0) is 270 Å². The summed E-state index contributed by atoms with van der Waals surface area (Å²) in [5, 5.41) is 67.6. The van der Waals surface area contributed by atoms with Crippen LogP contribution in [0.5, 0.6) is 0 Å². The van der Waals surface area contributed by atoms with Crippen molar-refractivity contribution in [3.8, 4) is 0 Å². The number of nitrogens with zero attached hydrogens (tertiary/aromatic N) is 2. The summed E-state index contributed by atoms with van der Waals surface area (Å²) in [4.78, 5) is -4.59. The second-order valence-electron chi connectivity index (χ2n) is 43.2. The molecule has 149 heavy (non-hydrogen) atoms. The van der Waals surface area contributed by atoms with Crippen LogP contribution in [0.2, 0.25) is 0 Å². The Balaban J connectivity index is 0.000000130. The van der Waals surface area contributed by atoms with E-state index in [0.717, 1.165) is 94.7 Å². The minimum atomic E-state index is -6.42. The topological polar surface area (TPSA) is 790 Å². The predicted molar refractivity (Wildman–Crippen MR) is 539 cm³/mol. The molecule has 0 amide bonds. The van der Waals surface area contributed by atoms with E-state index in [0.29, 0.717) is 171 Å². The minimum Gasteiger partial charge on any atom is -0.725 e. The zero-order valence-corrected chi connectivity index (χ0v) is 90.3. The molecule has 0 aromatic heterocycles. The summed E-state index contributed by atoms with van der Waals surface area (Å²) in [6.07, 6.45) is 51.1. The van der Waals surface area contributed by atoms with Gasteiger partial charge < -0.3 is 32.0 Å². The van der Waals surface area contributed by atoms with Crippen LogP contribution in [0, 0.1) is 94.7 Å². The Morgan fingerprint density at radius 3 is 0.436 bits per heavy atom. The van der Waals surface area contributed by atoms with E-state index in [9.17, 15) is 111 Å². The first-order chi connectivity index (χ1) is 69.8. The normalized spacial score (nSPS) is 37.1. The molecule has 0 spiro atoms. The maximum absolute atomic E-state index is 12.8. The first-order valence-electron chi connectivity index (χ1n) is 51.3. The van der Waals surface area contributed by atoms with Gasteiger partial charge >= 0.3 is 53.5 Å². The molecule has 18 aliphatic rings. The molecule has 837 valence electrons. The third-order valence-electron chi connectivity index (χ3n) is 34.9. The second-order valence-corrected chi connectivity index (χ2v) is 60.5. The molecule has 4 aromatic rings. The quantitative estimate of drug-likeness (QED) is 0.0251. The first-order valence-corrected chi connectivity index (χ1v) is 66.5. The van der Waals surface area contributed by atoms with Gasteiger partial charge in [0.2, 0.25) is 20.8 Å². The number of nitrogens with one attached hydrogen (secondary N) is 16. The number of nitrogen functional groups attached to an aromatic ring is 4. The van der Waals surface area contributed by atoms with Crippen LogP contribution in [0.25, 0.3) is 0 Å². The van der Waals surface area contributed by atoms with Gasteiger partial charge in [-0.1, -0.05) is 103 Å². The molecule has 16 bridgehead atoms. The van der Waals surface area contributed by atoms with Crippen LogP contribution < -0.4 is 117 Å². The Labute approximate surface area is 880 Å². The van der Waals surface area contributed by atoms with Crippen molar-refractivity contribution in [2.45, 2.75) is 324 Å². The molecule has 16 unspecified atom stereocenters. The Hall–Kier alpha value is -5.26. The number of anilines is 8. The maximum atomic E-state index is 12.8. The monoisotopic (exact) mass is 2330 g/mol. The summed E-state index contributed by atoms with van der Waals surface area (Å²) in [5.41, 5.74) is 15.0. The molecule has 10 saturated heterocycles. The van der Waals surface area contributed by atoms with Crippen molar-refractivity contribution >= 4 is 143 Å². The van der Waals surface area contributed by atoms with E-state index in [2.05, 4.69) is 92.3 Å². The Morgan fingerprint density at radius 1 is 0.221 bits per heavy atom. The average Bonchev–Trinajstić information content (AvgIpc) is 1.74. The van der Waals surface area contributed by atoms with Crippen molar-refractivity contribution < 1.29 is 136 Å². The van der Waals surface area contributed by atoms with E-state index < -0.39 is 163 Å². The summed E-state index contributed by atoms with van der Waals surface area (Å²) in [5.74, 6) is 11.9. The molecule has 22 rings (SSSR count). The molecule has 61 heteroatoms. The first kappa shape index (κ1) is 113. The molecule has 18 fully saturated rings. The molecule has 50 nitrogen and oxygen atoms in total. The third-order valence-corrected chi connectivity index (χ3v) is 49.0. The zero-order chi connectivity index (χ0) is 105. The summed E-state index contributed by atoms with van der Waals surface area (Å²) in [7, 11) is -58.3.